The topological polar surface area (TPSA) is 29.5 Å². The van der Waals surface area contributed by atoms with Gasteiger partial charge in [0.15, 0.2) is 0 Å². The molecular formula is C11H18O2. The molecule has 74 valence electrons. The van der Waals surface area contributed by atoms with E-state index in [4.69, 9.17) is 9.84 Å². The van der Waals surface area contributed by atoms with Gasteiger partial charge in [-0.1, -0.05) is 12.2 Å². The second kappa shape index (κ2) is 3.43. The smallest absolute Gasteiger partial charge is 0.0888 e. The summed E-state index contributed by atoms with van der Waals surface area (Å²) in [5, 5.41) is 8.98. The summed E-state index contributed by atoms with van der Waals surface area (Å²) in [6.07, 6.45) is 8.99. The van der Waals surface area contributed by atoms with Crippen molar-refractivity contribution in [2.75, 3.05) is 13.7 Å². The quantitative estimate of drug-likeness (QED) is 0.674. The molecule has 2 nitrogen and oxygen atoms in total. The van der Waals surface area contributed by atoms with Crippen LogP contribution in [0.2, 0.25) is 0 Å². The van der Waals surface area contributed by atoms with Crippen LogP contribution in [0.3, 0.4) is 0 Å². The van der Waals surface area contributed by atoms with Crippen LogP contribution in [-0.2, 0) is 4.74 Å². The van der Waals surface area contributed by atoms with E-state index in [2.05, 4.69) is 12.2 Å². The first kappa shape index (κ1) is 9.22. The summed E-state index contributed by atoms with van der Waals surface area (Å²) in [7, 11) is 1.79. The fraction of sp³-hybridized carbons (Fsp3) is 0.818. The number of rotatable bonds is 3. The van der Waals surface area contributed by atoms with Gasteiger partial charge in [-0.3, -0.25) is 0 Å². The molecule has 0 aromatic carbocycles. The van der Waals surface area contributed by atoms with Crippen molar-refractivity contribution in [3.8, 4) is 0 Å². The largest absolute Gasteiger partial charge is 0.396 e. The Morgan fingerprint density at radius 2 is 2.46 bits per heavy atom. The molecule has 0 spiro atoms. The minimum absolute atomic E-state index is 0.0442. The number of allylic oxidation sites excluding steroid dienone is 1. The van der Waals surface area contributed by atoms with Crippen LogP contribution in [0.15, 0.2) is 12.2 Å². The van der Waals surface area contributed by atoms with Crippen LogP contribution >= 0.6 is 0 Å². The maximum atomic E-state index is 8.98. The van der Waals surface area contributed by atoms with Gasteiger partial charge in [-0.05, 0) is 37.5 Å². The molecule has 3 aliphatic carbocycles. The Bertz CT molecular complexity index is 212. The zero-order valence-corrected chi connectivity index (χ0v) is 8.20. The van der Waals surface area contributed by atoms with E-state index in [0.717, 1.165) is 18.8 Å². The molecule has 13 heavy (non-hydrogen) atoms. The fourth-order valence-corrected chi connectivity index (χ4v) is 2.85. The molecule has 0 radical (unpaired) electrons. The normalized spacial score (nSPS) is 42.6. The summed E-state index contributed by atoms with van der Waals surface area (Å²) in [4.78, 5) is 0. The third-order valence-electron chi connectivity index (χ3n) is 3.69. The van der Waals surface area contributed by atoms with E-state index in [0.29, 0.717) is 5.92 Å². The lowest BCUT2D eigenvalue weighted by atomic mass is 9.65. The maximum Gasteiger partial charge on any atom is 0.0888 e. The number of fused-ring (bicyclic) bond motifs is 2. The molecule has 1 fully saturated rings. The van der Waals surface area contributed by atoms with Gasteiger partial charge in [-0.2, -0.15) is 0 Å². The minimum atomic E-state index is -0.0442. The van der Waals surface area contributed by atoms with Crippen molar-refractivity contribution < 1.29 is 9.84 Å². The Morgan fingerprint density at radius 3 is 3.00 bits per heavy atom. The molecule has 0 aromatic heterocycles. The predicted molar refractivity (Wildman–Crippen MR) is 51.4 cm³/mol. The molecule has 1 N–H and O–H groups in total. The standard InChI is InChI=1S/C11H18O2/c1-13-11-5-2-9(3-6-11)8-10(11)4-7-12/h2,5,9-10,12H,3-4,6-8H2,1H3. The predicted octanol–water partition coefficient (Wildman–Crippen LogP) is 1.74. The minimum Gasteiger partial charge on any atom is -0.396 e. The van der Waals surface area contributed by atoms with Crippen LogP contribution in [0.4, 0.5) is 0 Å². The molecule has 0 saturated heterocycles. The highest BCUT2D eigenvalue weighted by Gasteiger charge is 2.44. The lowest BCUT2D eigenvalue weighted by Crippen LogP contribution is -2.46. The molecular weight excluding hydrogens is 164 g/mol. The monoisotopic (exact) mass is 182 g/mol. The maximum absolute atomic E-state index is 8.98. The van der Waals surface area contributed by atoms with Crippen molar-refractivity contribution in [2.45, 2.75) is 31.3 Å². The number of hydrogen-bond donors (Lipinski definition) is 1. The molecule has 1 saturated carbocycles. The summed E-state index contributed by atoms with van der Waals surface area (Å²) < 4.78 is 5.63. The van der Waals surface area contributed by atoms with Crippen LogP contribution in [0.5, 0.6) is 0 Å². The van der Waals surface area contributed by atoms with Crippen molar-refractivity contribution in [2.24, 2.45) is 11.8 Å². The number of aliphatic hydroxyl groups is 1. The lowest BCUT2D eigenvalue weighted by Gasteiger charge is -2.47. The van der Waals surface area contributed by atoms with Gasteiger partial charge in [0.2, 0.25) is 0 Å². The van der Waals surface area contributed by atoms with Gasteiger partial charge in [0, 0.05) is 13.7 Å². The van der Waals surface area contributed by atoms with E-state index in [1.54, 1.807) is 7.11 Å². The molecule has 0 heterocycles. The van der Waals surface area contributed by atoms with Gasteiger partial charge in [0.25, 0.3) is 0 Å². The highest BCUT2D eigenvalue weighted by atomic mass is 16.5. The Labute approximate surface area is 79.6 Å². The summed E-state index contributed by atoms with van der Waals surface area (Å²) in [5.74, 6) is 1.28. The summed E-state index contributed by atoms with van der Waals surface area (Å²) in [5.41, 5.74) is -0.0442. The molecule has 3 atom stereocenters. The molecule has 3 rings (SSSR count). The highest BCUT2D eigenvalue weighted by molar-refractivity contribution is 5.16. The molecule has 0 amide bonds. The van der Waals surface area contributed by atoms with Crippen molar-refractivity contribution >= 4 is 0 Å². The van der Waals surface area contributed by atoms with Gasteiger partial charge < -0.3 is 9.84 Å². The van der Waals surface area contributed by atoms with Crippen molar-refractivity contribution in [3.63, 3.8) is 0 Å². The van der Waals surface area contributed by atoms with Crippen LogP contribution < -0.4 is 0 Å². The second-order valence-corrected chi connectivity index (χ2v) is 4.26. The van der Waals surface area contributed by atoms with E-state index < -0.39 is 0 Å². The van der Waals surface area contributed by atoms with Gasteiger partial charge in [-0.25, -0.2) is 0 Å². The van der Waals surface area contributed by atoms with Crippen LogP contribution in [0.25, 0.3) is 0 Å². The number of ether oxygens (including phenoxy) is 1. The third-order valence-corrected chi connectivity index (χ3v) is 3.69. The Hall–Kier alpha value is -0.340. The summed E-state index contributed by atoms with van der Waals surface area (Å²) >= 11 is 0. The molecule has 0 aliphatic heterocycles. The zero-order chi connectivity index (χ0) is 9.31. The first-order chi connectivity index (χ1) is 6.30. The molecule has 3 unspecified atom stereocenters. The van der Waals surface area contributed by atoms with Crippen LogP contribution in [-0.4, -0.2) is 24.4 Å². The molecule has 0 aromatic rings. The van der Waals surface area contributed by atoms with E-state index in [-0.39, 0.29) is 12.2 Å². The van der Waals surface area contributed by atoms with Gasteiger partial charge >= 0.3 is 0 Å². The third kappa shape index (κ3) is 1.42. The number of methoxy groups -OCH3 is 1. The first-order valence-corrected chi connectivity index (χ1v) is 5.16. The average molecular weight is 182 g/mol. The first-order valence-electron chi connectivity index (χ1n) is 5.16. The Kier molecular flexibility index (Phi) is 2.43. The number of aliphatic hydroxyl groups excluding tert-OH is 1. The molecule has 3 aliphatic rings. The molecule has 2 heteroatoms. The van der Waals surface area contributed by atoms with Crippen LogP contribution in [0.1, 0.15) is 25.7 Å². The van der Waals surface area contributed by atoms with Crippen molar-refractivity contribution in [1.82, 2.24) is 0 Å². The van der Waals surface area contributed by atoms with Crippen LogP contribution in [0, 0.1) is 11.8 Å². The van der Waals surface area contributed by atoms with Crippen molar-refractivity contribution in [1.29, 1.82) is 0 Å². The summed E-state index contributed by atoms with van der Waals surface area (Å²) in [6.45, 7) is 0.288. The SMILES string of the molecule is COC12C=CC(CC1)CC2CCO. The van der Waals surface area contributed by atoms with E-state index >= 15 is 0 Å². The molecule has 2 bridgehead atoms. The Balaban J connectivity index is 2.17. The van der Waals surface area contributed by atoms with Crippen molar-refractivity contribution in [3.05, 3.63) is 12.2 Å². The van der Waals surface area contributed by atoms with Gasteiger partial charge in [0.1, 0.15) is 0 Å². The van der Waals surface area contributed by atoms with E-state index in [1.165, 1.54) is 12.8 Å². The zero-order valence-electron chi connectivity index (χ0n) is 8.20. The summed E-state index contributed by atoms with van der Waals surface area (Å²) in [6, 6.07) is 0. The fourth-order valence-electron chi connectivity index (χ4n) is 2.85. The number of hydrogen-bond acceptors (Lipinski definition) is 2. The second-order valence-electron chi connectivity index (χ2n) is 4.26. The lowest BCUT2D eigenvalue weighted by molar-refractivity contribution is -0.0677. The van der Waals surface area contributed by atoms with Gasteiger partial charge in [0.05, 0.1) is 5.60 Å². The highest BCUT2D eigenvalue weighted by Crippen LogP contribution is 2.46. The van der Waals surface area contributed by atoms with E-state index in [1.807, 2.05) is 0 Å². The van der Waals surface area contributed by atoms with E-state index in [9.17, 15) is 0 Å². The van der Waals surface area contributed by atoms with Gasteiger partial charge in [-0.15, -0.1) is 0 Å². The average Bonchev–Trinajstić information content (AvgIpc) is 2.20. The Morgan fingerprint density at radius 1 is 1.62 bits per heavy atom.